The van der Waals surface area contributed by atoms with E-state index in [0.29, 0.717) is 19.8 Å². The molecule has 0 spiro atoms. The third kappa shape index (κ3) is 7.60. The van der Waals surface area contributed by atoms with Gasteiger partial charge in [-0.15, -0.1) is 0 Å². The van der Waals surface area contributed by atoms with Gasteiger partial charge in [0.25, 0.3) is 0 Å². The van der Waals surface area contributed by atoms with Crippen LogP contribution in [0.1, 0.15) is 16.7 Å². The number of rotatable bonds is 13. The summed E-state index contributed by atoms with van der Waals surface area (Å²) in [6, 6.07) is 30.1. The summed E-state index contributed by atoms with van der Waals surface area (Å²) in [5.41, 5.74) is 3.14. The lowest BCUT2D eigenvalue weighted by atomic mass is 9.98. The molecule has 0 unspecified atom stereocenters. The van der Waals surface area contributed by atoms with Crippen molar-refractivity contribution in [2.45, 2.75) is 50.5 Å². The minimum atomic E-state index is -0.671. The van der Waals surface area contributed by atoms with Crippen LogP contribution in [0.3, 0.4) is 0 Å². The summed E-state index contributed by atoms with van der Waals surface area (Å²) in [6.07, 6.45) is -2.64. The maximum absolute atomic E-state index is 6.51. The summed E-state index contributed by atoms with van der Waals surface area (Å²) < 4.78 is 36.9. The highest BCUT2D eigenvalue weighted by Crippen LogP contribution is 2.31. The Labute approximate surface area is 218 Å². The second-order valence-corrected chi connectivity index (χ2v) is 8.76. The molecular formula is C29H33ClO6. The predicted octanol–water partition coefficient (Wildman–Crippen LogP) is 5.33. The molecule has 0 aromatic heterocycles. The SMILES string of the molecule is CO[C@H]1O[C@H](COCCl)[C@@H](OCc2ccccc2)[C@H](OCc2ccccc2)[C@H]1OCc1ccccc1. The van der Waals surface area contributed by atoms with E-state index in [1.807, 2.05) is 91.0 Å². The molecule has 0 saturated carbocycles. The first-order valence-electron chi connectivity index (χ1n) is 12.1. The zero-order valence-electron chi connectivity index (χ0n) is 20.4. The minimum absolute atomic E-state index is 0.0480. The molecule has 5 atom stereocenters. The highest BCUT2D eigenvalue weighted by atomic mass is 35.5. The Morgan fingerprint density at radius 2 is 1.08 bits per heavy atom. The van der Waals surface area contributed by atoms with Crippen LogP contribution in [0.4, 0.5) is 0 Å². The van der Waals surface area contributed by atoms with Crippen molar-refractivity contribution in [2.24, 2.45) is 0 Å². The van der Waals surface area contributed by atoms with E-state index in [0.717, 1.165) is 16.7 Å². The largest absolute Gasteiger partial charge is 0.368 e. The van der Waals surface area contributed by atoms with Gasteiger partial charge in [-0.2, -0.15) is 0 Å². The monoisotopic (exact) mass is 512 g/mol. The summed E-state index contributed by atoms with van der Waals surface area (Å²) in [4.78, 5) is 0. The molecule has 3 aromatic rings. The summed E-state index contributed by atoms with van der Waals surface area (Å²) in [6.45, 7) is 1.40. The first kappa shape index (κ1) is 26.8. The average molecular weight is 513 g/mol. The Kier molecular flexibility index (Phi) is 10.7. The zero-order valence-corrected chi connectivity index (χ0v) is 21.2. The highest BCUT2D eigenvalue weighted by molar-refractivity contribution is 6.17. The molecular weight excluding hydrogens is 480 g/mol. The van der Waals surface area contributed by atoms with Crippen LogP contribution in [-0.4, -0.2) is 50.5 Å². The molecule has 1 aliphatic rings. The fraction of sp³-hybridized carbons (Fsp3) is 0.379. The van der Waals surface area contributed by atoms with E-state index in [4.69, 9.17) is 40.0 Å². The molecule has 6 nitrogen and oxygen atoms in total. The van der Waals surface area contributed by atoms with Gasteiger partial charge in [-0.3, -0.25) is 0 Å². The van der Waals surface area contributed by atoms with Crippen LogP contribution in [0.5, 0.6) is 0 Å². The van der Waals surface area contributed by atoms with Crippen molar-refractivity contribution in [1.29, 1.82) is 0 Å². The Balaban J connectivity index is 1.58. The summed E-state index contributed by atoms with van der Waals surface area (Å²) in [5, 5.41) is 0. The van der Waals surface area contributed by atoms with E-state index in [2.05, 4.69) is 0 Å². The van der Waals surface area contributed by atoms with Gasteiger partial charge in [0.05, 0.1) is 26.4 Å². The standard InChI is InChI=1S/C29H33ClO6/c1-31-29-28(35-19-24-15-9-4-10-16-24)27(34-18-23-13-7-3-8-14-23)26(25(36-29)20-32-21-30)33-17-22-11-5-2-6-12-22/h2-16,25-29H,17-21H2,1H3/t25-,26-,27+,28-,29+/m1/s1. The second-order valence-electron chi connectivity index (χ2n) is 8.54. The minimum Gasteiger partial charge on any atom is -0.368 e. The molecule has 7 heteroatoms. The van der Waals surface area contributed by atoms with Gasteiger partial charge < -0.3 is 28.4 Å². The molecule has 1 saturated heterocycles. The van der Waals surface area contributed by atoms with Crippen LogP contribution in [0.15, 0.2) is 91.0 Å². The molecule has 1 heterocycles. The van der Waals surface area contributed by atoms with E-state index >= 15 is 0 Å². The summed E-state index contributed by atoms with van der Waals surface area (Å²) >= 11 is 5.83. The summed E-state index contributed by atoms with van der Waals surface area (Å²) in [7, 11) is 1.60. The van der Waals surface area contributed by atoms with E-state index in [1.165, 1.54) is 0 Å². The fourth-order valence-electron chi connectivity index (χ4n) is 4.23. The molecule has 3 aromatic carbocycles. The van der Waals surface area contributed by atoms with Gasteiger partial charge in [0.1, 0.15) is 30.5 Å². The molecule has 0 N–H and O–H groups in total. The Morgan fingerprint density at radius 1 is 0.639 bits per heavy atom. The third-order valence-corrected chi connectivity index (χ3v) is 6.19. The second kappa shape index (κ2) is 14.4. The van der Waals surface area contributed by atoms with Crippen LogP contribution in [-0.2, 0) is 48.2 Å². The Bertz CT molecular complexity index is 990. The van der Waals surface area contributed by atoms with Crippen molar-refractivity contribution in [3.05, 3.63) is 108 Å². The Hall–Kier alpha value is -2.29. The van der Waals surface area contributed by atoms with E-state index in [9.17, 15) is 0 Å². The molecule has 1 fully saturated rings. The van der Waals surface area contributed by atoms with Gasteiger partial charge >= 0.3 is 0 Å². The van der Waals surface area contributed by atoms with Crippen molar-refractivity contribution < 1.29 is 28.4 Å². The lowest BCUT2D eigenvalue weighted by Gasteiger charge is -2.45. The van der Waals surface area contributed by atoms with Crippen molar-refractivity contribution in [3.8, 4) is 0 Å². The van der Waals surface area contributed by atoms with Gasteiger partial charge in [-0.25, -0.2) is 0 Å². The number of methoxy groups -OCH3 is 1. The molecule has 0 radical (unpaired) electrons. The van der Waals surface area contributed by atoms with E-state index in [1.54, 1.807) is 7.11 Å². The Morgan fingerprint density at radius 3 is 1.53 bits per heavy atom. The lowest BCUT2D eigenvalue weighted by Crippen LogP contribution is -2.61. The van der Waals surface area contributed by atoms with Gasteiger partial charge in [0, 0.05) is 7.11 Å². The predicted molar refractivity (Wildman–Crippen MR) is 137 cm³/mol. The molecule has 0 bridgehead atoms. The van der Waals surface area contributed by atoms with Crippen LogP contribution in [0.2, 0.25) is 0 Å². The topological polar surface area (TPSA) is 55.4 Å². The van der Waals surface area contributed by atoms with Crippen LogP contribution in [0.25, 0.3) is 0 Å². The number of benzene rings is 3. The zero-order chi connectivity index (χ0) is 25.0. The van der Waals surface area contributed by atoms with Crippen molar-refractivity contribution in [3.63, 3.8) is 0 Å². The quantitative estimate of drug-likeness (QED) is 0.289. The lowest BCUT2D eigenvalue weighted by molar-refractivity contribution is -0.322. The smallest absolute Gasteiger partial charge is 0.186 e. The van der Waals surface area contributed by atoms with Crippen molar-refractivity contribution in [1.82, 2.24) is 0 Å². The number of alkyl halides is 1. The molecule has 1 aliphatic heterocycles. The average Bonchev–Trinajstić information content (AvgIpc) is 2.94. The third-order valence-electron chi connectivity index (χ3n) is 6.04. The normalized spacial score (nSPS) is 24.0. The van der Waals surface area contributed by atoms with Crippen LogP contribution in [0, 0.1) is 0 Å². The van der Waals surface area contributed by atoms with Gasteiger partial charge in [0.15, 0.2) is 6.29 Å². The van der Waals surface area contributed by atoms with Gasteiger partial charge in [-0.1, -0.05) is 103 Å². The van der Waals surface area contributed by atoms with E-state index in [-0.39, 0.29) is 12.7 Å². The number of hydrogen-bond acceptors (Lipinski definition) is 6. The molecule has 36 heavy (non-hydrogen) atoms. The molecule has 192 valence electrons. The molecule has 0 amide bonds. The number of ether oxygens (including phenoxy) is 6. The van der Waals surface area contributed by atoms with Gasteiger partial charge in [-0.05, 0) is 16.7 Å². The first-order chi connectivity index (χ1) is 17.8. The first-order valence-corrected chi connectivity index (χ1v) is 12.6. The van der Waals surface area contributed by atoms with Crippen LogP contribution >= 0.6 is 11.6 Å². The summed E-state index contributed by atoms with van der Waals surface area (Å²) in [5.74, 6) is 0. The van der Waals surface area contributed by atoms with Crippen molar-refractivity contribution in [2.75, 3.05) is 19.8 Å². The number of halogens is 1. The highest BCUT2D eigenvalue weighted by Gasteiger charge is 2.48. The molecule has 0 aliphatic carbocycles. The molecule has 4 rings (SSSR count). The maximum Gasteiger partial charge on any atom is 0.186 e. The van der Waals surface area contributed by atoms with Crippen molar-refractivity contribution >= 4 is 11.6 Å². The van der Waals surface area contributed by atoms with E-state index < -0.39 is 30.7 Å². The number of hydrogen-bond donors (Lipinski definition) is 0. The fourth-order valence-corrected chi connectivity index (χ4v) is 4.32. The maximum atomic E-state index is 6.51. The van der Waals surface area contributed by atoms with Crippen LogP contribution < -0.4 is 0 Å². The van der Waals surface area contributed by atoms with Gasteiger partial charge in [0.2, 0.25) is 0 Å².